The van der Waals surface area contributed by atoms with Crippen LogP contribution in [0.4, 0.5) is 5.82 Å². The number of hydrogen-bond acceptors (Lipinski definition) is 4. The number of anilines is 1. The summed E-state index contributed by atoms with van der Waals surface area (Å²) in [6.45, 7) is 8.42. The molecule has 0 atom stereocenters. The van der Waals surface area contributed by atoms with Gasteiger partial charge in [-0.25, -0.2) is 9.97 Å². The van der Waals surface area contributed by atoms with Crippen molar-refractivity contribution in [2.24, 2.45) is 0 Å². The second-order valence-corrected chi connectivity index (χ2v) is 4.38. The Labute approximate surface area is 101 Å². The van der Waals surface area contributed by atoms with Gasteiger partial charge in [-0.3, -0.25) is 0 Å². The normalized spacial score (nSPS) is 10.9. The van der Waals surface area contributed by atoms with E-state index in [4.69, 9.17) is 16.7 Å². The molecule has 5 heteroatoms. The van der Waals surface area contributed by atoms with Crippen molar-refractivity contribution < 1.29 is 5.11 Å². The zero-order valence-electron chi connectivity index (χ0n) is 10.2. The number of aromatic nitrogens is 2. The van der Waals surface area contributed by atoms with Crippen LogP contribution in [0.3, 0.4) is 0 Å². The minimum Gasteiger partial charge on any atom is -0.395 e. The van der Waals surface area contributed by atoms with Gasteiger partial charge in [0.2, 0.25) is 0 Å². The van der Waals surface area contributed by atoms with Crippen molar-refractivity contribution in [3.63, 3.8) is 0 Å². The van der Waals surface area contributed by atoms with E-state index in [1.165, 1.54) is 0 Å². The summed E-state index contributed by atoms with van der Waals surface area (Å²) in [5.74, 6) is 0.647. The third-order valence-electron chi connectivity index (χ3n) is 2.48. The predicted molar refractivity (Wildman–Crippen MR) is 66.1 cm³/mol. The van der Waals surface area contributed by atoms with Gasteiger partial charge in [0.05, 0.1) is 18.0 Å². The summed E-state index contributed by atoms with van der Waals surface area (Å²) >= 11 is 6.08. The van der Waals surface area contributed by atoms with Gasteiger partial charge in [0.1, 0.15) is 0 Å². The van der Waals surface area contributed by atoms with E-state index in [9.17, 15) is 0 Å². The molecule has 0 saturated carbocycles. The third kappa shape index (κ3) is 2.83. The molecule has 0 spiro atoms. The zero-order valence-corrected chi connectivity index (χ0v) is 10.9. The van der Waals surface area contributed by atoms with Gasteiger partial charge in [-0.2, -0.15) is 0 Å². The maximum Gasteiger partial charge on any atom is 0.171 e. The molecule has 0 fully saturated rings. The van der Waals surface area contributed by atoms with Crippen molar-refractivity contribution in [3.8, 4) is 0 Å². The molecular weight excluding hydrogens is 226 g/mol. The van der Waals surface area contributed by atoms with Gasteiger partial charge < -0.3 is 10.0 Å². The summed E-state index contributed by atoms with van der Waals surface area (Å²) in [5, 5.41) is 9.42. The maximum atomic E-state index is 9.03. The summed E-state index contributed by atoms with van der Waals surface area (Å²) < 4.78 is 0. The van der Waals surface area contributed by atoms with E-state index in [1.807, 2.05) is 32.6 Å². The van der Waals surface area contributed by atoms with Gasteiger partial charge in [0, 0.05) is 12.6 Å². The van der Waals surface area contributed by atoms with E-state index in [0.717, 1.165) is 11.4 Å². The van der Waals surface area contributed by atoms with Crippen LogP contribution in [0, 0.1) is 13.8 Å². The Hall–Kier alpha value is -0.870. The van der Waals surface area contributed by atoms with Crippen LogP contribution in [0.15, 0.2) is 0 Å². The molecule has 0 aliphatic heterocycles. The van der Waals surface area contributed by atoms with Crippen LogP contribution in [0.1, 0.15) is 25.2 Å². The standard InChI is InChI=1S/C11H18ClN3O/c1-7(2)15(5-6-16)11-10(12)13-8(3)9(4)14-11/h7,16H,5-6H2,1-4H3. The van der Waals surface area contributed by atoms with Gasteiger partial charge >= 0.3 is 0 Å². The lowest BCUT2D eigenvalue weighted by molar-refractivity contribution is 0.298. The average Bonchev–Trinajstić information content (AvgIpc) is 2.20. The number of nitrogens with zero attached hydrogens (tertiary/aromatic N) is 3. The smallest absolute Gasteiger partial charge is 0.171 e. The van der Waals surface area contributed by atoms with Crippen LogP contribution in [-0.2, 0) is 0 Å². The fourth-order valence-corrected chi connectivity index (χ4v) is 1.74. The molecule has 16 heavy (non-hydrogen) atoms. The molecule has 0 radical (unpaired) electrons. The number of halogens is 1. The Balaban J connectivity index is 3.13. The minimum atomic E-state index is 0.0725. The van der Waals surface area contributed by atoms with Crippen LogP contribution in [0.2, 0.25) is 5.15 Å². The first-order valence-corrected chi connectivity index (χ1v) is 5.73. The van der Waals surface area contributed by atoms with Crippen molar-refractivity contribution in [3.05, 3.63) is 16.5 Å². The zero-order chi connectivity index (χ0) is 12.3. The Morgan fingerprint density at radius 1 is 1.25 bits per heavy atom. The average molecular weight is 244 g/mol. The summed E-state index contributed by atoms with van der Waals surface area (Å²) in [5.41, 5.74) is 1.70. The van der Waals surface area contributed by atoms with Gasteiger partial charge in [0.15, 0.2) is 11.0 Å². The molecule has 0 aliphatic carbocycles. The number of aliphatic hydroxyl groups excluding tert-OH is 1. The molecule has 4 nitrogen and oxygen atoms in total. The molecule has 0 saturated heterocycles. The van der Waals surface area contributed by atoms with Crippen LogP contribution in [0.25, 0.3) is 0 Å². The molecule has 1 aromatic rings. The highest BCUT2D eigenvalue weighted by Crippen LogP contribution is 2.24. The lowest BCUT2D eigenvalue weighted by Crippen LogP contribution is -2.34. The topological polar surface area (TPSA) is 49.2 Å². The van der Waals surface area contributed by atoms with E-state index in [-0.39, 0.29) is 12.6 Å². The van der Waals surface area contributed by atoms with Crippen molar-refractivity contribution in [1.82, 2.24) is 9.97 Å². The first kappa shape index (κ1) is 13.2. The first-order valence-electron chi connectivity index (χ1n) is 5.35. The van der Waals surface area contributed by atoms with E-state index in [0.29, 0.717) is 17.5 Å². The highest BCUT2D eigenvalue weighted by Gasteiger charge is 2.17. The van der Waals surface area contributed by atoms with Gasteiger partial charge in [-0.05, 0) is 27.7 Å². The molecule has 90 valence electrons. The molecule has 0 aliphatic rings. The van der Waals surface area contributed by atoms with Crippen molar-refractivity contribution in [2.45, 2.75) is 33.7 Å². The quantitative estimate of drug-likeness (QED) is 0.878. The van der Waals surface area contributed by atoms with E-state index in [1.54, 1.807) is 0 Å². The largest absolute Gasteiger partial charge is 0.395 e. The maximum absolute atomic E-state index is 9.03. The Bertz CT molecular complexity index is 368. The van der Waals surface area contributed by atoms with Gasteiger partial charge in [-0.15, -0.1) is 0 Å². The SMILES string of the molecule is Cc1nc(Cl)c(N(CCO)C(C)C)nc1C. The lowest BCUT2D eigenvalue weighted by Gasteiger charge is -2.27. The summed E-state index contributed by atoms with van der Waals surface area (Å²) in [6.07, 6.45) is 0. The molecular formula is C11H18ClN3O. The second kappa shape index (κ2) is 5.46. The number of aliphatic hydroxyl groups is 1. The van der Waals surface area contributed by atoms with Crippen molar-refractivity contribution in [2.75, 3.05) is 18.1 Å². The Morgan fingerprint density at radius 2 is 1.81 bits per heavy atom. The highest BCUT2D eigenvalue weighted by atomic mass is 35.5. The number of hydrogen-bond donors (Lipinski definition) is 1. The molecule has 1 heterocycles. The first-order chi connectivity index (χ1) is 7.47. The number of aryl methyl sites for hydroxylation is 2. The van der Waals surface area contributed by atoms with E-state index < -0.39 is 0 Å². The fraction of sp³-hybridized carbons (Fsp3) is 0.636. The molecule has 0 bridgehead atoms. The summed E-state index contributed by atoms with van der Waals surface area (Å²) in [4.78, 5) is 10.6. The molecule has 0 amide bonds. The van der Waals surface area contributed by atoms with Gasteiger partial charge in [-0.1, -0.05) is 11.6 Å². The summed E-state index contributed by atoms with van der Waals surface area (Å²) in [6, 6.07) is 0.223. The molecule has 1 rings (SSSR count). The lowest BCUT2D eigenvalue weighted by atomic mass is 10.3. The molecule has 0 aromatic carbocycles. The second-order valence-electron chi connectivity index (χ2n) is 4.02. The summed E-state index contributed by atoms with van der Waals surface area (Å²) in [7, 11) is 0. The van der Waals surface area contributed by atoms with Crippen LogP contribution in [0.5, 0.6) is 0 Å². The number of rotatable bonds is 4. The van der Waals surface area contributed by atoms with Crippen molar-refractivity contribution >= 4 is 17.4 Å². The van der Waals surface area contributed by atoms with E-state index >= 15 is 0 Å². The molecule has 1 aromatic heterocycles. The van der Waals surface area contributed by atoms with Crippen LogP contribution < -0.4 is 4.90 Å². The van der Waals surface area contributed by atoms with Crippen LogP contribution >= 0.6 is 11.6 Å². The van der Waals surface area contributed by atoms with E-state index in [2.05, 4.69) is 9.97 Å². The monoisotopic (exact) mass is 243 g/mol. The Kier molecular flexibility index (Phi) is 4.50. The molecule has 1 N–H and O–H groups in total. The molecule has 0 unspecified atom stereocenters. The predicted octanol–water partition coefficient (Wildman–Crippen LogP) is 1.95. The Morgan fingerprint density at radius 3 is 2.31 bits per heavy atom. The third-order valence-corrected chi connectivity index (χ3v) is 2.74. The van der Waals surface area contributed by atoms with Gasteiger partial charge in [0.25, 0.3) is 0 Å². The highest BCUT2D eigenvalue weighted by molar-refractivity contribution is 6.31. The minimum absolute atomic E-state index is 0.0725. The van der Waals surface area contributed by atoms with Crippen molar-refractivity contribution in [1.29, 1.82) is 0 Å². The van der Waals surface area contributed by atoms with Crippen LogP contribution in [-0.4, -0.2) is 34.3 Å². The fourth-order valence-electron chi connectivity index (χ4n) is 1.46.